The van der Waals surface area contributed by atoms with Gasteiger partial charge in [0.1, 0.15) is 17.0 Å². The third-order valence-electron chi connectivity index (χ3n) is 3.92. The van der Waals surface area contributed by atoms with E-state index in [0.717, 1.165) is 12.3 Å². The van der Waals surface area contributed by atoms with Gasteiger partial charge in [-0.05, 0) is 30.3 Å². The van der Waals surface area contributed by atoms with Gasteiger partial charge in [-0.15, -0.1) is 4.68 Å². The lowest BCUT2D eigenvalue weighted by molar-refractivity contribution is 0.450. The first kappa shape index (κ1) is 16.0. The Morgan fingerprint density at radius 1 is 1.04 bits per heavy atom. The molecule has 0 aliphatic rings. The van der Waals surface area contributed by atoms with Crippen LogP contribution in [0.4, 0.5) is 0 Å². The molecule has 0 bridgehead atoms. The zero-order chi connectivity index (χ0) is 18.4. The van der Waals surface area contributed by atoms with E-state index >= 15 is 0 Å². The summed E-state index contributed by atoms with van der Waals surface area (Å²) in [6.07, 6.45) is 1.15. The molecule has 9 heteroatoms. The molecule has 0 aliphatic carbocycles. The normalized spacial score (nSPS) is 11.7. The number of aromatic amines is 2. The molecule has 0 unspecified atom stereocenters. The van der Waals surface area contributed by atoms with Crippen molar-refractivity contribution >= 4 is 39.8 Å². The van der Waals surface area contributed by atoms with Crippen LogP contribution in [0, 0.1) is 0 Å². The lowest BCUT2D eigenvalue weighted by Gasteiger charge is -2.00. The molecule has 2 aromatic heterocycles. The van der Waals surface area contributed by atoms with Crippen molar-refractivity contribution in [3.63, 3.8) is 0 Å². The van der Waals surface area contributed by atoms with Gasteiger partial charge >= 0.3 is 11.2 Å². The van der Waals surface area contributed by atoms with Gasteiger partial charge in [-0.1, -0.05) is 11.6 Å². The number of nitrogens with one attached hydrogen (secondary N) is 2. The fourth-order valence-corrected chi connectivity index (χ4v) is 2.85. The summed E-state index contributed by atoms with van der Waals surface area (Å²) in [6, 6.07) is 8.89. The number of phenols is 2. The van der Waals surface area contributed by atoms with Gasteiger partial charge in [0.25, 0.3) is 0 Å². The van der Waals surface area contributed by atoms with Gasteiger partial charge in [-0.3, -0.25) is 4.79 Å². The molecule has 26 heavy (non-hydrogen) atoms. The van der Waals surface area contributed by atoms with E-state index in [4.69, 9.17) is 11.6 Å². The Kier molecular flexibility index (Phi) is 3.55. The molecule has 130 valence electrons. The summed E-state index contributed by atoms with van der Waals surface area (Å²) in [5.74, 6) is -0.354. The Morgan fingerprint density at radius 2 is 1.85 bits per heavy atom. The fraction of sp³-hybridized carbons (Fsp3) is 0. The molecule has 0 saturated heterocycles. The Bertz CT molecular complexity index is 1320. The molecule has 4 aromatic rings. The highest BCUT2D eigenvalue weighted by atomic mass is 35.5. The molecule has 2 aromatic carbocycles. The molecule has 0 spiro atoms. The lowest BCUT2D eigenvalue weighted by atomic mass is 10.2. The average Bonchev–Trinajstić information content (AvgIpc) is 2.94. The van der Waals surface area contributed by atoms with Crippen molar-refractivity contribution in [2.24, 2.45) is 5.10 Å². The maximum Gasteiger partial charge on any atom is 0.350 e. The van der Waals surface area contributed by atoms with E-state index in [1.807, 2.05) is 0 Å². The summed E-state index contributed by atoms with van der Waals surface area (Å²) >= 11 is 5.98. The van der Waals surface area contributed by atoms with Crippen LogP contribution >= 0.6 is 11.6 Å². The lowest BCUT2D eigenvalue weighted by Crippen LogP contribution is -2.32. The molecule has 4 rings (SSSR count). The van der Waals surface area contributed by atoms with E-state index in [0.29, 0.717) is 26.1 Å². The van der Waals surface area contributed by atoms with E-state index in [-0.39, 0.29) is 22.6 Å². The first-order valence-electron chi connectivity index (χ1n) is 7.46. The highest BCUT2D eigenvalue weighted by Crippen LogP contribution is 2.24. The first-order chi connectivity index (χ1) is 12.4. The zero-order valence-electron chi connectivity index (χ0n) is 13.0. The van der Waals surface area contributed by atoms with Gasteiger partial charge in [0.2, 0.25) is 0 Å². The maximum atomic E-state index is 12.6. The molecule has 0 saturated carbocycles. The number of rotatable bonds is 2. The van der Waals surface area contributed by atoms with E-state index in [9.17, 15) is 19.8 Å². The maximum absolute atomic E-state index is 12.6. The number of hydrogen-bond acceptors (Lipinski definition) is 5. The van der Waals surface area contributed by atoms with Crippen LogP contribution in [-0.4, -0.2) is 31.1 Å². The van der Waals surface area contributed by atoms with Crippen molar-refractivity contribution in [1.29, 1.82) is 0 Å². The van der Waals surface area contributed by atoms with Gasteiger partial charge in [0.05, 0.1) is 11.7 Å². The van der Waals surface area contributed by atoms with Gasteiger partial charge in [0.15, 0.2) is 0 Å². The molecular weight excluding hydrogens is 360 g/mol. The van der Waals surface area contributed by atoms with Crippen LogP contribution in [0.3, 0.4) is 0 Å². The molecule has 0 aliphatic heterocycles. The highest BCUT2D eigenvalue weighted by Gasteiger charge is 2.13. The predicted molar refractivity (Wildman–Crippen MR) is 98.5 cm³/mol. The Morgan fingerprint density at radius 3 is 2.62 bits per heavy atom. The van der Waals surface area contributed by atoms with Crippen LogP contribution in [0.5, 0.6) is 11.5 Å². The number of halogens is 1. The first-order valence-corrected chi connectivity index (χ1v) is 7.84. The number of H-pyrrole nitrogens is 2. The number of fused-ring (bicyclic) bond motifs is 3. The Labute approximate surface area is 149 Å². The van der Waals surface area contributed by atoms with E-state index in [1.54, 1.807) is 18.2 Å². The average molecular weight is 371 g/mol. The minimum Gasteiger partial charge on any atom is -0.508 e. The van der Waals surface area contributed by atoms with Crippen LogP contribution < -0.4 is 11.2 Å². The van der Waals surface area contributed by atoms with Crippen LogP contribution in [0.2, 0.25) is 5.02 Å². The summed E-state index contributed by atoms with van der Waals surface area (Å²) < 4.78 is 0.644. The third kappa shape index (κ3) is 2.52. The Hall–Kier alpha value is -3.52. The quantitative estimate of drug-likeness (QED) is 0.403. The van der Waals surface area contributed by atoms with Crippen molar-refractivity contribution in [3.05, 3.63) is 67.8 Å². The summed E-state index contributed by atoms with van der Waals surface area (Å²) in [7, 11) is 0. The van der Waals surface area contributed by atoms with Crippen LogP contribution in [0.1, 0.15) is 5.56 Å². The number of nitrogens with zero attached hydrogens (tertiary/aromatic N) is 2. The summed E-state index contributed by atoms with van der Waals surface area (Å²) in [6.45, 7) is 0. The number of aromatic nitrogens is 3. The second kappa shape index (κ2) is 5.78. The van der Waals surface area contributed by atoms with Crippen LogP contribution in [-0.2, 0) is 0 Å². The predicted octanol–water partition coefficient (Wildman–Crippen LogP) is 2.12. The summed E-state index contributed by atoms with van der Waals surface area (Å²) in [5.41, 5.74) is 0.0153. The van der Waals surface area contributed by atoms with E-state index in [2.05, 4.69) is 15.1 Å². The van der Waals surface area contributed by atoms with Crippen molar-refractivity contribution in [3.8, 4) is 11.5 Å². The second-order valence-corrected chi connectivity index (χ2v) is 6.04. The fourth-order valence-electron chi connectivity index (χ4n) is 2.68. The number of aromatic hydroxyl groups is 2. The van der Waals surface area contributed by atoms with Crippen molar-refractivity contribution in [2.45, 2.75) is 0 Å². The van der Waals surface area contributed by atoms with E-state index in [1.165, 1.54) is 12.1 Å². The number of benzene rings is 2. The van der Waals surface area contributed by atoms with Gasteiger partial charge < -0.3 is 20.2 Å². The summed E-state index contributed by atoms with van der Waals surface area (Å²) in [5, 5.41) is 24.0. The third-order valence-corrected chi connectivity index (χ3v) is 4.15. The molecule has 0 atom stereocenters. The monoisotopic (exact) mass is 370 g/mol. The van der Waals surface area contributed by atoms with Crippen LogP contribution in [0.15, 0.2) is 51.1 Å². The topological polar surface area (TPSA) is 123 Å². The smallest absolute Gasteiger partial charge is 0.350 e. The van der Waals surface area contributed by atoms with Crippen molar-refractivity contribution < 1.29 is 10.2 Å². The zero-order valence-corrected chi connectivity index (χ0v) is 13.8. The van der Waals surface area contributed by atoms with Gasteiger partial charge in [-0.2, -0.15) is 5.10 Å². The van der Waals surface area contributed by atoms with Crippen LogP contribution in [0.25, 0.3) is 21.9 Å². The standard InChI is InChI=1S/C17H11ClN4O4/c18-9-2-4-12-11(5-9)14-15(20-12)16(25)22(17(26)21-14)19-7-8-1-3-10(23)6-13(8)24/h1-7,20,23-24H,(H,21,26)/b19-7+. The number of phenolic OH excluding ortho intramolecular Hbond substituents is 2. The number of hydrogen-bond donors (Lipinski definition) is 4. The van der Waals surface area contributed by atoms with Crippen molar-refractivity contribution in [1.82, 2.24) is 14.6 Å². The SMILES string of the molecule is O=c1[nH]c2c([nH]c3ccc(Cl)cc32)c(=O)n1/N=C/c1ccc(O)cc1O. The molecule has 0 amide bonds. The second-order valence-electron chi connectivity index (χ2n) is 5.60. The minimum absolute atomic E-state index is 0.118. The largest absolute Gasteiger partial charge is 0.508 e. The molecule has 4 N–H and O–H groups in total. The summed E-state index contributed by atoms with van der Waals surface area (Å²) in [4.78, 5) is 30.5. The molecule has 2 heterocycles. The molecule has 0 radical (unpaired) electrons. The highest BCUT2D eigenvalue weighted by molar-refractivity contribution is 6.31. The molecule has 8 nitrogen and oxygen atoms in total. The molecular formula is C17H11ClN4O4. The van der Waals surface area contributed by atoms with Gasteiger partial charge in [-0.25, -0.2) is 4.79 Å². The Balaban J connectivity index is 1.91. The van der Waals surface area contributed by atoms with Gasteiger partial charge in [0, 0.05) is 27.6 Å². The van der Waals surface area contributed by atoms with E-state index < -0.39 is 11.2 Å². The molecule has 0 fully saturated rings. The minimum atomic E-state index is -0.738. The van der Waals surface area contributed by atoms with Crippen molar-refractivity contribution in [2.75, 3.05) is 0 Å².